The lowest BCUT2D eigenvalue weighted by Gasteiger charge is -2.18. The molecule has 5 nitrogen and oxygen atoms in total. The fourth-order valence-electron chi connectivity index (χ4n) is 1.11. The molecule has 3 N–H and O–H groups in total. The first kappa shape index (κ1) is 13.5. The molecule has 1 unspecified atom stereocenters. The first-order valence-electron chi connectivity index (χ1n) is 5.22. The molecule has 0 amide bonds. The molecule has 0 fully saturated rings. The van der Waals surface area contributed by atoms with Gasteiger partial charge in [-0.3, -0.25) is 0 Å². The zero-order chi connectivity index (χ0) is 12.9. The number of esters is 1. The van der Waals surface area contributed by atoms with Gasteiger partial charge < -0.3 is 20.3 Å². The van der Waals surface area contributed by atoms with Gasteiger partial charge in [0.15, 0.2) is 5.60 Å². The van der Waals surface area contributed by atoms with Crippen LogP contribution in [0.15, 0.2) is 24.3 Å². The maximum Gasteiger partial charge on any atom is 0.339 e. The van der Waals surface area contributed by atoms with Gasteiger partial charge in [0.25, 0.3) is 0 Å². The summed E-state index contributed by atoms with van der Waals surface area (Å²) >= 11 is 0. The highest BCUT2D eigenvalue weighted by atomic mass is 16.5. The number of hydrogen-bond acceptors (Lipinski definition) is 5. The van der Waals surface area contributed by atoms with Crippen LogP contribution in [0.5, 0.6) is 5.75 Å². The first-order chi connectivity index (χ1) is 7.99. The molecule has 1 rings (SSSR count). The van der Waals surface area contributed by atoms with Crippen LogP contribution in [0, 0.1) is 0 Å². The molecule has 17 heavy (non-hydrogen) atoms. The van der Waals surface area contributed by atoms with Gasteiger partial charge in [-0.05, 0) is 24.6 Å². The van der Waals surface area contributed by atoms with E-state index in [2.05, 4.69) is 0 Å². The van der Waals surface area contributed by atoms with Crippen LogP contribution in [0.2, 0.25) is 0 Å². The van der Waals surface area contributed by atoms with Crippen LogP contribution in [0.25, 0.3) is 0 Å². The minimum atomic E-state index is -1.63. The molecule has 94 valence electrons. The van der Waals surface area contributed by atoms with Crippen LogP contribution in [0.3, 0.4) is 0 Å². The summed E-state index contributed by atoms with van der Waals surface area (Å²) in [5.41, 5.74) is 4.43. The smallest absolute Gasteiger partial charge is 0.339 e. The highest BCUT2D eigenvalue weighted by Crippen LogP contribution is 2.13. The third-order valence-electron chi connectivity index (χ3n) is 2.37. The van der Waals surface area contributed by atoms with Gasteiger partial charge in [0, 0.05) is 6.54 Å². The molecule has 1 aromatic rings. The lowest BCUT2D eigenvalue weighted by atomic mass is 10.1. The van der Waals surface area contributed by atoms with Crippen molar-refractivity contribution < 1.29 is 19.4 Å². The molecule has 0 aliphatic heterocycles. The molecular weight excluding hydrogens is 222 g/mol. The summed E-state index contributed by atoms with van der Waals surface area (Å²) < 4.78 is 9.95. The van der Waals surface area contributed by atoms with E-state index in [1.54, 1.807) is 31.4 Å². The molecule has 0 spiro atoms. The van der Waals surface area contributed by atoms with Crippen LogP contribution in [0.4, 0.5) is 0 Å². The third-order valence-corrected chi connectivity index (χ3v) is 2.37. The van der Waals surface area contributed by atoms with Crippen LogP contribution in [0.1, 0.15) is 12.5 Å². The SMILES string of the molecule is COc1ccc(COC(=O)C(C)(O)CN)cc1. The summed E-state index contributed by atoms with van der Waals surface area (Å²) in [6.07, 6.45) is 0. The van der Waals surface area contributed by atoms with Gasteiger partial charge in [0.2, 0.25) is 0 Å². The minimum absolute atomic E-state index is 0.0962. The van der Waals surface area contributed by atoms with Crippen molar-refractivity contribution in [1.29, 1.82) is 0 Å². The number of hydrogen-bond donors (Lipinski definition) is 2. The van der Waals surface area contributed by atoms with Gasteiger partial charge in [0.05, 0.1) is 7.11 Å². The van der Waals surface area contributed by atoms with Gasteiger partial charge >= 0.3 is 5.97 Å². The molecule has 0 heterocycles. The zero-order valence-electron chi connectivity index (χ0n) is 9.97. The average molecular weight is 239 g/mol. The van der Waals surface area contributed by atoms with Crippen LogP contribution >= 0.6 is 0 Å². The van der Waals surface area contributed by atoms with E-state index in [1.807, 2.05) is 0 Å². The number of rotatable bonds is 5. The number of carbonyl (C=O) groups is 1. The third kappa shape index (κ3) is 3.72. The maximum absolute atomic E-state index is 11.4. The van der Waals surface area contributed by atoms with E-state index in [9.17, 15) is 9.90 Å². The largest absolute Gasteiger partial charge is 0.497 e. The van der Waals surface area contributed by atoms with Crippen LogP contribution in [-0.2, 0) is 16.1 Å². The van der Waals surface area contributed by atoms with Crippen molar-refractivity contribution in [2.24, 2.45) is 5.73 Å². The van der Waals surface area contributed by atoms with E-state index in [0.717, 1.165) is 11.3 Å². The Kier molecular flexibility index (Phi) is 4.48. The lowest BCUT2D eigenvalue weighted by Crippen LogP contribution is -2.43. The molecule has 0 bridgehead atoms. The topological polar surface area (TPSA) is 81.8 Å². The van der Waals surface area contributed by atoms with Crippen molar-refractivity contribution in [3.63, 3.8) is 0 Å². The monoisotopic (exact) mass is 239 g/mol. The van der Waals surface area contributed by atoms with Crippen molar-refractivity contribution in [3.05, 3.63) is 29.8 Å². The van der Waals surface area contributed by atoms with Crippen molar-refractivity contribution in [1.82, 2.24) is 0 Å². The molecule has 0 radical (unpaired) electrons. The van der Waals surface area contributed by atoms with Gasteiger partial charge in [-0.1, -0.05) is 12.1 Å². The molecule has 0 saturated heterocycles. The van der Waals surface area contributed by atoms with Crippen molar-refractivity contribution in [2.75, 3.05) is 13.7 Å². The van der Waals surface area contributed by atoms with E-state index in [0.29, 0.717) is 0 Å². The van der Waals surface area contributed by atoms with E-state index in [1.165, 1.54) is 6.92 Å². The van der Waals surface area contributed by atoms with Gasteiger partial charge in [-0.25, -0.2) is 4.79 Å². The Hall–Kier alpha value is -1.59. The lowest BCUT2D eigenvalue weighted by molar-refractivity contribution is -0.164. The Morgan fingerprint density at radius 2 is 2.00 bits per heavy atom. The first-order valence-corrected chi connectivity index (χ1v) is 5.22. The van der Waals surface area contributed by atoms with Gasteiger partial charge in [-0.2, -0.15) is 0 Å². The molecule has 1 atom stereocenters. The van der Waals surface area contributed by atoms with Crippen LogP contribution in [-0.4, -0.2) is 30.3 Å². The maximum atomic E-state index is 11.4. The Morgan fingerprint density at radius 1 is 1.41 bits per heavy atom. The predicted molar refractivity (Wildman–Crippen MR) is 62.5 cm³/mol. The van der Waals surface area contributed by atoms with Crippen molar-refractivity contribution in [3.8, 4) is 5.75 Å². The number of ether oxygens (including phenoxy) is 2. The molecular formula is C12H17NO4. The summed E-state index contributed by atoms with van der Waals surface area (Å²) in [4.78, 5) is 11.4. The van der Waals surface area contributed by atoms with E-state index >= 15 is 0 Å². The summed E-state index contributed by atoms with van der Waals surface area (Å²) in [7, 11) is 1.58. The minimum Gasteiger partial charge on any atom is -0.497 e. The second kappa shape index (κ2) is 5.65. The molecule has 1 aromatic carbocycles. The fraction of sp³-hybridized carbons (Fsp3) is 0.417. The number of aliphatic hydroxyl groups is 1. The summed E-state index contributed by atoms with van der Waals surface area (Å²) in [5, 5.41) is 9.53. The second-order valence-electron chi connectivity index (χ2n) is 3.90. The van der Waals surface area contributed by atoms with Crippen LogP contribution < -0.4 is 10.5 Å². The fourth-order valence-corrected chi connectivity index (χ4v) is 1.11. The molecule has 0 aliphatic rings. The van der Waals surface area contributed by atoms with Crippen molar-refractivity contribution in [2.45, 2.75) is 19.1 Å². The van der Waals surface area contributed by atoms with E-state index in [4.69, 9.17) is 15.2 Å². The predicted octanol–water partition coefficient (Wildman–Crippen LogP) is 0.448. The Bertz CT molecular complexity index is 373. The van der Waals surface area contributed by atoms with Gasteiger partial charge in [-0.15, -0.1) is 0 Å². The standard InChI is InChI=1S/C12H17NO4/c1-12(15,8-13)11(14)17-7-9-3-5-10(16-2)6-4-9/h3-6,15H,7-8,13H2,1-2H3. The number of nitrogens with two attached hydrogens (primary N) is 1. The molecule has 5 heteroatoms. The highest BCUT2D eigenvalue weighted by molar-refractivity contribution is 5.79. The summed E-state index contributed by atoms with van der Waals surface area (Å²) in [6, 6.07) is 7.10. The summed E-state index contributed by atoms with van der Waals surface area (Å²) in [5.74, 6) is 0.00449. The number of carbonyl (C=O) groups excluding carboxylic acids is 1. The second-order valence-corrected chi connectivity index (χ2v) is 3.90. The molecule has 0 aromatic heterocycles. The average Bonchev–Trinajstić information content (AvgIpc) is 2.36. The number of methoxy groups -OCH3 is 1. The van der Waals surface area contributed by atoms with E-state index in [-0.39, 0.29) is 13.2 Å². The quantitative estimate of drug-likeness (QED) is 0.729. The normalized spacial score (nSPS) is 13.9. The van der Waals surface area contributed by atoms with E-state index < -0.39 is 11.6 Å². The molecule has 0 saturated carbocycles. The Labute approximate surface area is 100 Å². The Morgan fingerprint density at radius 3 is 2.47 bits per heavy atom. The number of benzene rings is 1. The molecule has 0 aliphatic carbocycles. The zero-order valence-corrected chi connectivity index (χ0v) is 9.97. The van der Waals surface area contributed by atoms with Crippen molar-refractivity contribution >= 4 is 5.97 Å². The van der Waals surface area contributed by atoms with Gasteiger partial charge in [0.1, 0.15) is 12.4 Å². The Balaban J connectivity index is 2.53. The highest BCUT2D eigenvalue weighted by Gasteiger charge is 2.30. The summed E-state index contributed by atoms with van der Waals surface area (Å²) in [6.45, 7) is 1.25.